The van der Waals surface area contributed by atoms with Gasteiger partial charge in [0.25, 0.3) is 5.91 Å². The summed E-state index contributed by atoms with van der Waals surface area (Å²) in [4.78, 5) is 26.2. The number of H-pyrrole nitrogens is 1. The molecule has 1 aromatic rings. The van der Waals surface area contributed by atoms with E-state index in [0.29, 0.717) is 6.42 Å². The van der Waals surface area contributed by atoms with Crippen LogP contribution in [0.15, 0.2) is 0 Å². The second-order valence-corrected chi connectivity index (χ2v) is 3.72. The molecule has 94 valence electrons. The van der Waals surface area contributed by atoms with Gasteiger partial charge < -0.3 is 16.2 Å². The fourth-order valence-corrected chi connectivity index (χ4v) is 1.27. The van der Waals surface area contributed by atoms with Gasteiger partial charge >= 0.3 is 5.97 Å². The first kappa shape index (κ1) is 12.9. The zero-order valence-electron chi connectivity index (χ0n) is 9.60. The molecule has 1 heterocycles. The molecule has 1 amide bonds. The number of rotatable bonds is 5. The van der Waals surface area contributed by atoms with Crippen molar-refractivity contribution in [2.45, 2.75) is 26.3 Å². The normalized spacial score (nSPS) is 14.0. The molecule has 2 unspecified atom stereocenters. The second kappa shape index (κ2) is 5.28. The van der Waals surface area contributed by atoms with Crippen molar-refractivity contribution in [3.8, 4) is 0 Å². The van der Waals surface area contributed by atoms with Gasteiger partial charge in [-0.15, -0.1) is 5.10 Å². The number of nitrogens with one attached hydrogen (secondary N) is 2. The van der Waals surface area contributed by atoms with Crippen LogP contribution in [0.5, 0.6) is 0 Å². The summed E-state index contributed by atoms with van der Waals surface area (Å²) in [6, 6.07) is -0.959. The maximum atomic E-state index is 11.6. The molecule has 2 atom stereocenters. The van der Waals surface area contributed by atoms with E-state index in [0.717, 1.165) is 0 Å². The van der Waals surface area contributed by atoms with Crippen LogP contribution < -0.4 is 11.1 Å². The van der Waals surface area contributed by atoms with Crippen LogP contribution in [0.1, 0.15) is 30.9 Å². The first-order chi connectivity index (χ1) is 7.95. The van der Waals surface area contributed by atoms with Gasteiger partial charge in [-0.2, -0.15) is 4.98 Å². The van der Waals surface area contributed by atoms with Gasteiger partial charge in [0, 0.05) is 0 Å². The summed E-state index contributed by atoms with van der Waals surface area (Å²) >= 11 is 0. The fourth-order valence-electron chi connectivity index (χ4n) is 1.27. The Morgan fingerprint density at radius 3 is 2.65 bits per heavy atom. The van der Waals surface area contributed by atoms with Crippen molar-refractivity contribution >= 4 is 17.8 Å². The number of carbonyl (C=O) groups is 2. The standard InChI is InChI=1S/C9H15N5O3/c1-3-4(2)5(8(16)17)11-7(15)6-12-9(10)14-13-6/h4-5H,3H2,1-2H3,(H,11,15)(H,16,17)(H3,10,12,13,14). The van der Waals surface area contributed by atoms with E-state index in [1.54, 1.807) is 6.92 Å². The quantitative estimate of drug-likeness (QED) is 0.555. The van der Waals surface area contributed by atoms with Crippen molar-refractivity contribution in [1.82, 2.24) is 20.5 Å². The average Bonchev–Trinajstić information content (AvgIpc) is 2.71. The second-order valence-electron chi connectivity index (χ2n) is 3.72. The molecular weight excluding hydrogens is 226 g/mol. The van der Waals surface area contributed by atoms with Crippen molar-refractivity contribution in [3.63, 3.8) is 0 Å². The molecule has 8 heteroatoms. The molecule has 0 radical (unpaired) electrons. The van der Waals surface area contributed by atoms with Crippen LogP contribution >= 0.6 is 0 Å². The summed E-state index contributed by atoms with van der Waals surface area (Å²) < 4.78 is 0. The number of carbonyl (C=O) groups excluding carboxylic acids is 1. The predicted octanol–water partition coefficient (Wildman–Crippen LogP) is -0.384. The highest BCUT2D eigenvalue weighted by molar-refractivity contribution is 5.93. The lowest BCUT2D eigenvalue weighted by molar-refractivity contribution is -0.140. The van der Waals surface area contributed by atoms with E-state index in [-0.39, 0.29) is 17.7 Å². The van der Waals surface area contributed by atoms with Gasteiger partial charge in [0.1, 0.15) is 6.04 Å². The minimum Gasteiger partial charge on any atom is -0.480 e. The van der Waals surface area contributed by atoms with Crippen LogP contribution in [0, 0.1) is 5.92 Å². The Kier molecular flexibility index (Phi) is 4.02. The zero-order valence-corrected chi connectivity index (χ0v) is 9.60. The third kappa shape index (κ3) is 3.16. The first-order valence-electron chi connectivity index (χ1n) is 5.17. The largest absolute Gasteiger partial charge is 0.480 e. The number of nitrogen functional groups attached to an aromatic ring is 1. The summed E-state index contributed by atoms with van der Waals surface area (Å²) in [7, 11) is 0. The zero-order chi connectivity index (χ0) is 13.0. The van der Waals surface area contributed by atoms with E-state index in [1.165, 1.54) is 0 Å². The lowest BCUT2D eigenvalue weighted by Gasteiger charge is -2.19. The van der Waals surface area contributed by atoms with E-state index in [2.05, 4.69) is 20.5 Å². The van der Waals surface area contributed by atoms with Crippen LogP contribution in [-0.4, -0.2) is 38.2 Å². The summed E-state index contributed by atoms with van der Waals surface area (Å²) in [5, 5.41) is 17.2. The van der Waals surface area contributed by atoms with Crippen LogP contribution in [0.2, 0.25) is 0 Å². The summed E-state index contributed by atoms with van der Waals surface area (Å²) in [5.74, 6) is -2.07. The lowest BCUT2D eigenvalue weighted by Crippen LogP contribution is -2.45. The summed E-state index contributed by atoms with van der Waals surface area (Å²) in [6.07, 6.45) is 0.635. The first-order valence-corrected chi connectivity index (χ1v) is 5.17. The Hall–Kier alpha value is -2.12. The minimum absolute atomic E-state index is 0.0643. The highest BCUT2D eigenvalue weighted by Gasteiger charge is 2.26. The molecule has 0 aliphatic rings. The van der Waals surface area contributed by atoms with Crippen molar-refractivity contribution in [2.75, 3.05) is 5.73 Å². The Morgan fingerprint density at radius 1 is 1.59 bits per heavy atom. The average molecular weight is 241 g/mol. The van der Waals surface area contributed by atoms with Crippen LogP contribution in [0.25, 0.3) is 0 Å². The molecule has 0 fully saturated rings. The summed E-state index contributed by atoms with van der Waals surface area (Å²) in [5.41, 5.74) is 5.24. The molecule has 0 saturated heterocycles. The molecular formula is C9H15N5O3. The van der Waals surface area contributed by atoms with E-state index in [4.69, 9.17) is 10.8 Å². The number of aromatic amines is 1. The Labute approximate surface area is 97.6 Å². The smallest absolute Gasteiger partial charge is 0.326 e. The van der Waals surface area contributed by atoms with Crippen molar-refractivity contribution < 1.29 is 14.7 Å². The predicted molar refractivity (Wildman–Crippen MR) is 59.1 cm³/mol. The van der Waals surface area contributed by atoms with Crippen molar-refractivity contribution in [2.24, 2.45) is 5.92 Å². The van der Waals surface area contributed by atoms with Gasteiger partial charge in [-0.1, -0.05) is 20.3 Å². The molecule has 5 N–H and O–H groups in total. The number of aliphatic carboxylic acids is 1. The third-order valence-corrected chi connectivity index (χ3v) is 2.48. The van der Waals surface area contributed by atoms with Crippen molar-refractivity contribution in [3.05, 3.63) is 5.82 Å². The van der Waals surface area contributed by atoms with Gasteiger partial charge in [-0.3, -0.25) is 9.89 Å². The highest BCUT2D eigenvalue weighted by atomic mass is 16.4. The number of carboxylic acid groups (broad SMARTS) is 1. The van der Waals surface area contributed by atoms with Crippen molar-refractivity contribution in [1.29, 1.82) is 0 Å². The van der Waals surface area contributed by atoms with Gasteiger partial charge in [0.2, 0.25) is 11.8 Å². The molecule has 0 aromatic carbocycles. The van der Waals surface area contributed by atoms with Crippen LogP contribution in [0.3, 0.4) is 0 Å². The molecule has 1 aromatic heterocycles. The maximum Gasteiger partial charge on any atom is 0.326 e. The number of hydrogen-bond donors (Lipinski definition) is 4. The van der Waals surface area contributed by atoms with Gasteiger partial charge in [0.05, 0.1) is 0 Å². The molecule has 0 bridgehead atoms. The maximum absolute atomic E-state index is 11.6. The number of carboxylic acids is 1. The number of hydrogen-bond acceptors (Lipinski definition) is 5. The molecule has 0 aliphatic carbocycles. The number of nitrogens with two attached hydrogens (primary N) is 1. The number of anilines is 1. The van der Waals surface area contributed by atoms with E-state index in [1.807, 2.05) is 6.92 Å². The minimum atomic E-state index is -1.08. The molecule has 8 nitrogen and oxygen atoms in total. The van der Waals surface area contributed by atoms with Gasteiger partial charge in [-0.25, -0.2) is 4.79 Å². The van der Waals surface area contributed by atoms with E-state index in [9.17, 15) is 9.59 Å². The van der Waals surface area contributed by atoms with E-state index >= 15 is 0 Å². The topological polar surface area (TPSA) is 134 Å². The Morgan fingerprint density at radius 2 is 2.24 bits per heavy atom. The highest BCUT2D eigenvalue weighted by Crippen LogP contribution is 2.08. The number of nitrogens with zero attached hydrogens (tertiary/aromatic N) is 2. The van der Waals surface area contributed by atoms with E-state index < -0.39 is 17.9 Å². The molecule has 1 rings (SSSR count). The number of aromatic nitrogens is 3. The van der Waals surface area contributed by atoms with Gasteiger partial charge in [0.15, 0.2) is 0 Å². The SMILES string of the molecule is CCC(C)C(NC(=O)c1nc(N)n[nH]1)C(=O)O. The molecule has 0 spiro atoms. The fraction of sp³-hybridized carbons (Fsp3) is 0.556. The third-order valence-electron chi connectivity index (χ3n) is 2.48. The Bertz CT molecular complexity index is 417. The number of amides is 1. The van der Waals surface area contributed by atoms with Gasteiger partial charge in [-0.05, 0) is 5.92 Å². The van der Waals surface area contributed by atoms with Crippen LogP contribution in [0.4, 0.5) is 5.95 Å². The Balaban J connectivity index is 2.74. The monoisotopic (exact) mass is 241 g/mol. The molecule has 0 aliphatic heterocycles. The molecule has 17 heavy (non-hydrogen) atoms. The van der Waals surface area contributed by atoms with Crippen LogP contribution in [-0.2, 0) is 4.79 Å². The molecule has 0 saturated carbocycles. The lowest BCUT2D eigenvalue weighted by atomic mass is 9.99. The summed E-state index contributed by atoms with van der Waals surface area (Å²) in [6.45, 7) is 3.59.